The molecule has 4 atom stereocenters. The highest BCUT2D eigenvalue weighted by molar-refractivity contribution is 6.43. The van der Waals surface area contributed by atoms with Crippen LogP contribution in [0.5, 0.6) is 5.75 Å². The minimum absolute atomic E-state index is 0.0878. The number of imide groups is 1. The molecule has 2 saturated heterocycles. The molecule has 2 amide bonds. The number of amides is 2. The SMILES string of the molecule is CCC1=C2[C@@H](CC/C(C)=C/c3cc(C)c(O)c(C)c3)OB(O)C[C@@H]2[C@@H]2C(=O)N(CCCCCC(=O)O)C(=O)[C@@H]2C1. The van der Waals surface area contributed by atoms with E-state index in [9.17, 15) is 24.5 Å². The highest BCUT2D eigenvalue weighted by atomic mass is 16.5. The van der Waals surface area contributed by atoms with Crippen LogP contribution in [0.15, 0.2) is 28.9 Å². The maximum absolute atomic E-state index is 13.6. The van der Waals surface area contributed by atoms with Crippen LogP contribution in [0.3, 0.4) is 0 Å². The first-order chi connectivity index (χ1) is 19.0. The van der Waals surface area contributed by atoms with Gasteiger partial charge in [0.25, 0.3) is 0 Å². The van der Waals surface area contributed by atoms with Crippen molar-refractivity contribution in [1.82, 2.24) is 4.90 Å². The van der Waals surface area contributed by atoms with E-state index in [1.807, 2.05) is 26.0 Å². The van der Waals surface area contributed by atoms with Crippen LogP contribution >= 0.6 is 0 Å². The Bertz CT molecular complexity index is 1200. The summed E-state index contributed by atoms with van der Waals surface area (Å²) < 4.78 is 6.07. The number of nitrogens with zero attached hydrogens (tertiary/aromatic N) is 1. The summed E-state index contributed by atoms with van der Waals surface area (Å²) in [7, 11) is -0.990. The Morgan fingerprint density at radius 1 is 1.10 bits per heavy atom. The van der Waals surface area contributed by atoms with Crippen molar-refractivity contribution >= 4 is 31.0 Å². The zero-order chi connectivity index (χ0) is 29.1. The van der Waals surface area contributed by atoms with Crippen LogP contribution in [-0.2, 0) is 19.0 Å². The van der Waals surface area contributed by atoms with Crippen LogP contribution in [0.1, 0.15) is 81.9 Å². The van der Waals surface area contributed by atoms with Crippen LogP contribution in [0, 0.1) is 31.6 Å². The van der Waals surface area contributed by atoms with E-state index in [1.165, 1.54) is 10.5 Å². The monoisotopic (exact) mass is 551 g/mol. The van der Waals surface area contributed by atoms with Crippen molar-refractivity contribution < 1.29 is 34.3 Å². The molecule has 3 N–H and O–H groups in total. The second kappa shape index (κ2) is 12.7. The van der Waals surface area contributed by atoms with E-state index in [4.69, 9.17) is 9.76 Å². The van der Waals surface area contributed by atoms with Crippen LogP contribution in [0.2, 0.25) is 6.32 Å². The molecule has 0 unspecified atom stereocenters. The van der Waals surface area contributed by atoms with Gasteiger partial charge in [-0.15, -0.1) is 0 Å². The van der Waals surface area contributed by atoms with Crippen molar-refractivity contribution in [2.24, 2.45) is 17.8 Å². The molecule has 8 nitrogen and oxygen atoms in total. The van der Waals surface area contributed by atoms with Gasteiger partial charge in [-0.3, -0.25) is 19.3 Å². The van der Waals surface area contributed by atoms with Gasteiger partial charge < -0.3 is 19.9 Å². The Balaban J connectivity index is 1.49. The minimum atomic E-state index is -0.990. The number of hydrogen-bond donors (Lipinski definition) is 3. The van der Waals surface area contributed by atoms with E-state index in [-0.39, 0.29) is 30.3 Å². The second-order valence-corrected chi connectivity index (χ2v) is 11.7. The predicted molar refractivity (Wildman–Crippen MR) is 153 cm³/mol. The molecule has 9 heteroatoms. The molecule has 2 fully saturated rings. The molecule has 1 aromatic carbocycles. The zero-order valence-electron chi connectivity index (χ0n) is 24.1. The normalized spacial score (nSPS) is 25.0. The summed E-state index contributed by atoms with van der Waals surface area (Å²) in [5.41, 5.74) is 6.11. The number of fused-ring (bicyclic) bond motifs is 3. The lowest BCUT2D eigenvalue weighted by Gasteiger charge is -2.43. The van der Waals surface area contributed by atoms with Gasteiger partial charge in [-0.1, -0.05) is 30.6 Å². The van der Waals surface area contributed by atoms with E-state index in [0.717, 1.165) is 40.7 Å². The lowest BCUT2D eigenvalue weighted by Crippen LogP contribution is -2.46. The number of hydrogen-bond acceptors (Lipinski definition) is 6. The van der Waals surface area contributed by atoms with Crippen LogP contribution in [0.4, 0.5) is 0 Å². The van der Waals surface area contributed by atoms with Gasteiger partial charge >= 0.3 is 13.1 Å². The smallest absolute Gasteiger partial charge is 0.455 e. The number of aromatic hydroxyl groups is 1. The zero-order valence-corrected chi connectivity index (χ0v) is 24.1. The molecule has 1 aromatic rings. The first kappa shape index (κ1) is 30.1. The number of carboxylic acid groups (broad SMARTS) is 1. The molecular weight excluding hydrogens is 509 g/mol. The number of aliphatic carboxylic acids is 1. The molecule has 4 rings (SSSR count). The molecule has 0 aromatic heterocycles. The van der Waals surface area contributed by atoms with Crippen molar-refractivity contribution in [2.45, 2.75) is 91.5 Å². The van der Waals surface area contributed by atoms with Crippen molar-refractivity contribution in [1.29, 1.82) is 0 Å². The molecule has 2 heterocycles. The molecular formula is C31H42BNO7. The molecule has 3 aliphatic rings. The summed E-state index contributed by atoms with van der Waals surface area (Å²) in [5.74, 6) is -1.91. The first-order valence-corrected chi connectivity index (χ1v) is 14.6. The number of aryl methyl sites for hydroxylation is 2. The number of phenolic OH excluding ortho intramolecular Hbond substituents is 1. The molecule has 40 heavy (non-hydrogen) atoms. The number of carbonyl (C=O) groups excluding carboxylic acids is 2. The van der Waals surface area contributed by atoms with E-state index < -0.39 is 24.9 Å². The molecule has 0 spiro atoms. The maximum Gasteiger partial charge on any atom is 0.455 e. The number of unbranched alkanes of at least 4 members (excludes halogenated alkanes) is 2. The average Bonchev–Trinajstić information content (AvgIpc) is 3.13. The van der Waals surface area contributed by atoms with E-state index in [0.29, 0.717) is 50.7 Å². The standard InChI is InChI=1S/C31H42BNO7/c1-5-22-16-23-28(31(38)33(30(23)37)12-8-6-7-9-26(34)35)24-17-32(39)40-25(27(22)24)11-10-18(2)13-21-14-19(3)29(36)20(4)15-21/h13-15,23-25,28,36,39H,5-12,16-17H2,1-4H3,(H,34,35)/b18-13+/t23-,24+,25-,28-/m1/s1. The number of carbonyl (C=O) groups is 3. The van der Waals surface area contributed by atoms with Gasteiger partial charge in [-0.25, -0.2) is 0 Å². The van der Waals surface area contributed by atoms with Crippen LogP contribution in [-0.4, -0.2) is 57.7 Å². The highest BCUT2D eigenvalue weighted by Crippen LogP contribution is 2.51. The third-order valence-electron chi connectivity index (χ3n) is 8.83. The number of rotatable bonds is 11. The first-order valence-electron chi connectivity index (χ1n) is 14.6. The van der Waals surface area contributed by atoms with Crippen molar-refractivity contribution in [2.75, 3.05) is 6.54 Å². The number of allylic oxidation sites excluding steroid dienone is 2. The summed E-state index contributed by atoms with van der Waals surface area (Å²) in [6.07, 6.45) is 6.67. The summed E-state index contributed by atoms with van der Waals surface area (Å²) in [6, 6.07) is 3.92. The molecule has 2 aliphatic heterocycles. The number of likely N-dealkylation sites (tertiary alicyclic amines) is 1. The number of carboxylic acids is 1. The van der Waals surface area contributed by atoms with Gasteiger partial charge in [0.05, 0.1) is 17.9 Å². The summed E-state index contributed by atoms with van der Waals surface area (Å²) in [4.78, 5) is 39.1. The summed E-state index contributed by atoms with van der Waals surface area (Å²) in [6.45, 7) is 8.22. The lowest BCUT2D eigenvalue weighted by atomic mass is 9.58. The van der Waals surface area contributed by atoms with Crippen molar-refractivity contribution in [3.63, 3.8) is 0 Å². The van der Waals surface area contributed by atoms with Crippen molar-refractivity contribution in [3.8, 4) is 5.75 Å². The second-order valence-electron chi connectivity index (χ2n) is 11.7. The quantitative estimate of drug-likeness (QED) is 0.152. The van der Waals surface area contributed by atoms with Crippen LogP contribution in [0.25, 0.3) is 6.08 Å². The van der Waals surface area contributed by atoms with Gasteiger partial charge in [0.2, 0.25) is 11.8 Å². The molecule has 0 bridgehead atoms. The summed E-state index contributed by atoms with van der Waals surface area (Å²) >= 11 is 0. The maximum atomic E-state index is 13.6. The number of phenols is 1. The Labute approximate surface area is 237 Å². The average molecular weight is 551 g/mol. The van der Waals surface area contributed by atoms with Gasteiger partial charge in [0, 0.05) is 13.0 Å². The Morgan fingerprint density at radius 3 is 2.45 bits per heavy atom. The Morgan fingerprint density at radius 2 is 1.80 bits per heavy atom. The Hall–Kier alpha value is -2.91. The molecule has 216 valence electrons. The fraction of sp³-hybridized carbons (Fsp3) is 0.581. The predicted octanol–water partition coefficient (Wildman–Crippen LogP) is 5.04. The molecule has 0 radical (unpaired) electrons. The van der Waals surface area contributed by atoms with Crippen LogP contribution < -0.4 is 0 Å². The van der Waals surface area contributed by atoms with E-state index in [1.54, 1.807) is 0 Å². The minimum Gasteiger partial charge on any atom is -0.507 e. The Kier molecular flexibility index (Phi) is 9.57. The van der Waals surface area contributed by atoms with Gasteiger partial charge in [0.1, 0.15) is 5.75 Å². The third-order valence-corrected chi connectivity index (χ3v) is 8.83. The van der Waals surface area contributed by atoms with Gasteiger partial charge in [-0.05, 0) is 106 Å². The fourth-order valence-corrected chi connectivity index (χ4v) is 6.90. The lowest BCUT2D eigenvalue weighted by molar-refractivity contribution is -0.141. The molecule has 0 saturated carbocycles. The van der Waals surface area contributed by atoms with Gasteiger partial charge in [-0.2, -0.15) is 0 Å². The van der Waals surface area contributed by atoms with Gasteiger partial charge in [0.15, 0.2) is 0 Å². The summed E-state index contributed by atoms with van der Waals surface area (Å²) in [5, 5.41) is 29.6. The molecule has 1 aliphatic carbocycles. The van der Waals surface area contributed by atoms with Crippen molar-refractivity contribution in [3.05, 3.63) is 45.5 Å². The van der Waals surface area contributed by atoms with E-state index in [2.05, 4.69) is 19.9 Å². The largest absolute Gasteiger partial charge is 0.507 e. The number of benzene rings is 1. The highest BCUT2D eigenvalue weighted by Gasteiger charge is 2.56. The van der Waals surface area contributed by atoms with E-state index >= 15 is 0 Å². The third kappa shape index (κ3) is 6.36. The fourth-order valence-electron chi connectivity index (χ4n) is 6.90. The topological polar surface area (TPSA) is 124 Å².